The molecule has 1 atom stereocenters. The van der Waals surface area contributed by atoms with Crippen LogP contribution < -0.4 is 10.1 Å². The zero-order valence-corrected chi connectivity index (χ0v) is 14.1. The molecule has 1 aromatic rings. The van der Waals surface area contributed by atoms with E-state index in [-0.39, 0.29) is 0 Å². The predicted molar refractivity (Wildman–Crippen MR) is 91.7 cm³/mol. The first kappa shape index (κ1) is 16.3. The lowest BCUT2D eigenvalue weighted by molar-refractivity contribution is -0.127. The fourth-order valence-electron chi connectivity index (χ4n) is 3.76. The number of ether oxygens (including phenoxy) is 1. The Labute approximate surface area is 139 Å². The number of hydrogen-bond acceptors (Lipinski definition) is 3. The largest absolute Gasteiger partial charge is 0.497 e. The molecule has 1 aliphatic carbocycles. The molecule has 4 nitrogen and oxygen atoms in total. The molecule has 0 aromatic heterocycles. The van der Waals surface area contributed by atoms with E-state index in [0.717, 1.165) is 25.3 Å². The highest BCUT2D eigenvalue weighted by molar-refractivity contribution is 5.79. The summed E-state index contributed by atoms with van der Waals surface area (Å²) in [4.78, 5) is 14.2. The second kappa shape index (κ2) is 7.82. The van der Waals surface area contributed by atoms with E-state index in [1.165, 1.54) is 37.7 Å². The van der Waals surface area contributed by atoms with Crippen molar-refractivity contribution < 1.29 is 9.53 Å². The van der Waals surface area contributed by atoms with E-state index in [4.69, 9.17) is 4.74 Å². The molecular weight excluding hydrogens is 288 g/mol. The Balaban J connectivity index is 1.45. The lowest BCUT2D eigenvalue weighted by Gasteiger charge is -2.26. The van der Waals surface area contributed by atoms with Gasteiger partial charge >= 0.3 is 0 Å². The number of rotatable bonds is 6. The maximum absolute atomic E-state index is 12.2. The molecule has 3 rings (SSSR count). The predicted octanol–water partition coefficient (Wildman–Crippen LogP) is 2.76. The quantitative estimate of drug-likeness (QED) is 0.877. The van der Waals surface area contributed by atoms with Gasteiger partial charge in [0.15, 0.2) is 0 Å². The normalized spacial score (nSPS) is 22.6. The fourth-order valence-corrected chi connectivity index (χ4v) is 3.76. The van der Waals surface area contributed by atoms with Crippen LogP contribution in [0.25, 0.3) is 0 Å². The number of carbonyl (C=O) groups excluding carboxylic acids is 1. The van der Waals surface area contributed by atoms with Crippen LogP contribution in [0.3, 0.4) is 0 Å². The smallest absolute Gasteiger partial charge is 0.224 e. The van der Waals surface area contributed by atoms with Crippen molar-refractivity contribution in [3.8, 4) is 5.75 Å². The van der Waals surface area contributed by atoms with Crippen LogP contribution in [0.2, 0.25) is 0 Å². The van der Waals surface area contributed by atoms with E-state index in [2.05, 4.69) is 17.4 Å². The SMILES string of the molecule is COc1ccc(CCN2CC(NC3CCCCC3)CC2=O)cc1. The number of amides is 1. The molecule has 0 spiro atoms. The van der Waals surface area contributed by atoms with Gasteiger partial charge in [-0.3, -0.25) is 4.79 Å². The number of nitrogens with zero attached hydrogens (tertiary/aromatic N) is 1. The summed E-state index contributed by atoms with van der Waals surface area (Å²) in [5.41, 5.74) is 1.25. The van der Waals surface area contributed by atoms with Crippen LogP contribution in [-0.4, -0.2) is 43.1 Å². The minimum absolute atomic E-state index is 0.298. The zero-order valence-electron chi connectivity index (χ0n) is 14.1. The fraction of sp³-hybridized carbons (Fsp3) is 0.632. The molecule has 2 fully saturated rings. The molecule has 0 bridgehead atoms. The molecule has 2 aliphatic rings. The van der Waals surface area contributed by atoms with Gasteiger partial charge < -0.3 is 15.0 Å². The number of benzene rings is 1. The van der Waals surface area contributed by atoms with Gasteiger partial charge in [0.05, 0.1) is 7.11 Å². The summed E-state index contributed by atoms with van der Waals surface area (Å²) in [5, 5.41) is 3.71. The van der Waals surface area contributed by atoms with Gasteiger partial charge in [-0.2, -0.15) is 0 Å². The molecule has 1 aromatic carbocycles. The van der Waals surface area contributed by atoms with Gasteiger partial charge in [-0.15, -0.1) is 0 Å². The molecule has 1 N–H and O–H groups in total. The molecule has 0 radical (unpaired) electrons. The second-order valence-corrected chi connectivity index (χ2v) is 6.84. The van der Waals surface area contributed by atoms with Crippen LogP contribution in [0.15, 0.2) is 24.3 Å². The number of nitrogens with one attached hydrogen (secondary N) is 1. The Morgan fingerprint density at radius 1 is 1.13 bits per heavy atom. The Bertz CT molecular complexity index is 509. The third kappa shape index (κ3) is 4.47. The molecular formula is C19H28N2O2. The van der Waals surface area contributed by atoms with E-state index >= 15 is 0 Å². The van der Waals surface area contributed by atoms with Crippen molar-refractivity contribution in [1.29, 1.82) is 0 Å². The van der Waals surface area contributed by atoms with E-state index < -0.39 is 0 Å². The van der Waals surface area contributed by atoms with Gasteiger partial charge in [0.1, 0.15) is 5.75 Å². The summed E-state index contributed by atoms with van der Waals surface area (Å²) in [6.45, 7) is 1.68. The lowest BCUT2D eigenvalue weighted by Crippen LogP contribution is -2.41. The van der Waals surface area contributed by atoms with Crippen LogP contribution in [-0.2, 0) is 11.2 Å². The topological polar surface area (TPSA) is 41.6 Å². The summed E-state index contributed by atoms with van der Waals surface area (Å²) in [6, 6.07) is 9.10. The number of hydrogen-bond donors (Lipinski definition) is 1. The Hall–Kier alpha value is -1.55. The van der Waals surface area contributed by atoms with E-state index in [1.807, 2.05) is 17.0 Å². The van der Waals surface area contributed by atoms with E-state index in [0.29, 0.717) is 24.4 Å². The molecule has 1 unspecified atom stereocenters. The van der Waals surface area contributed by atoms with Crippen LogP contribution in [0.4, 0.5) is 0 Å². The minimum Gasteiger partial charge on any atom is -0.497 e. The number of likely N-dealkylation sites (tertiary alicyclic amines) is 1. The minimum atomic E-state index is 0.298. The molecule has 4 heteroatoms. The maximum atomic E-state index is 12.2. The Kier molecular flexibility index (Phi) is 5.55. The van der Waals surface area contributed by atoms with Gasteiger partial charge in [0.2, 0.25) is 5.91 Å². The standard InChI is InChI=1S/C19H28N2O2/c1-23-18-9-7-15(8-10-18)11-12-21-14-17(13-19(21)22)20-16-5-3-2-4-6-16/h7-10,16-17,20H,2-6,11-14H2,1H3. The summed E-state index contributed by atoms with van der Waals surface area (Å²) in [6.07, 6.45) is 8.16. The average Bonchev–Trinajstić information content (AvgIpc) is 2.94. The molecule has 1 saturated carbocycles. The molecule has 126 valence electrons. The summed E-state index contributed by atoms with van der Waals surface area (Å²) in [5.74, 6) is 1.18. The Morgan fingerprint density at radius 2 is 1.87 bits per heavy atom. The zero-order chi connectivity index (χ0) is 16.1. The number of carbonyl (C=O) groups is 1. The first-order chi connectivity index (χ1) is 11.2. The molecule has 1 heterocycles. The first-order valence-electron chi connectivity index (χ1n) is 8.91. The van der Waals surface area contributed by atoms with Gasteiger partial charge in [-0.05, 0) is 37.0 Å². The van der Waals surface area contributed by atoms with Crippen LogP contribution in [0.5, 0.6) is 5.75 Å². The second-order valence-electron chi connectivity index (χ2n) is 6.84. The van der Waals surface area contributed by atoms with Gasteiger partial charge in [-0.1, -0.05) is 31.4 Å². The summed E-state index contributed by atoms with van der Waals surface area (Å²) < 4.78 is 5.18. The maximum Gasteiger partial charge on any atom is 0.224 e. The average molecular weight is 316 g/mol. The van der Waals surface area contributed by atoms with E-state index in [9.17, 15) is 4.79 Å². The highest BCUT2D eigenvalue weighted by Gasteiger charge is 2.30. The highest BCUT2D eigenvalue weighted by atomic mass is 16.5. The number of methoxy groups -OCH3 is 1. The van der Waals surface area contributed by atoms with Crippen molar-refractivity contribution >= 4 is 5.91 Å². The first-order valence-corrected chi connectivity index (χ1v) is 8.91. The molecule has 1 amide bonds. The van der Waals surface area contributed by atoms with Crippen LogP contribution in [0, 0.1) is 0 Å². The molecule has 1 aliphatic heterocycles. The highest BCUT2D eigenvalue weighted by Crippen LogP contribution is 2.20. The van der Waals surface area contributed by atoms with Crippen molar-refractivity contribution in [2.45, 2.75) is 57.0 Å². The monoisotopic (exact) mass is 316 g/mol. The van der Waals surface area contributed by atoms with Crippen molar-refractivity contribution in [3.63, 3.8) is 0 Å². The van der Waals surface area contributed by atoms with Crippen LogP contribution >= 0.6 is 0 Å². The molecule has 23 heavy (non-hydrogen) atoms. The van der Waals surface area contributed by atoms with E-state index in [1.54, 1.807) is 7.11 Å². The summed E-state index contributed by atoms with van der Waals surface area (Å²) in [7, 11) is 1.68. The Morgan fingerprint density at radius 3 is 2.57 bits per heavy atom. The van der Waals surface area contributed by atoms with Crippen molar-refractivity contribution in [2.24, 2.45) is 0 Å². The summed E-state index contributed by atoms with van der Waals surface area (Å²) >= 11 is 0. The van der Waals surface area contributed by atoms with Gasteiger partial charge in [0.25, 0.3) is 0 Å². The third-order valence-electron chi connectivity index (χ3n) is 5.12. The third-order valence-corrected chi connectivity index (χ3v) is 5.12. The van der Waals surface area contributed by atoms with Gasteiger partial charge in [-0.25, -0.2) is 0 Å². The van der Waals surface area contributed by atoms with Crippen molar-refractivity contribution in [2.75, 3.05) is 20.2 Å². The van der Waals surface area contributed by atoms with Crippen molar-refractivity contribution in [3.05, 3.63) is 29.8 Å². The lowest BCUT2D eigenvalue weighted by atomic mass is 9.95. The van der Waals surface area contributed by atoms with Gasteiger partial charge in [0, 0.05) is 31.6 Å². The molecule has 1 saturated heterocycles. The van der Waals surface area contributed by atoms with Crippen LogP contribution in [0.1, 0.15) is 44.1 Å². The van der Waals surface area contributed by atoms with Crippen molar-refractivity contribution in [1.82, 2.24) is 10.2 Å².